The van der Waals surface area contributed by atoms with Gasteiger partial charge in [0.2, 0.25) is 0 Å². The van der Waals surface area contributed by atoms with E-state index in [-0.39, 0.29) is 18.5 Å². The van der Waals surface area contributed by atoms with Crippen LogP contribution >= 0.6 is 12.4 Å². The van der Waals surface area contributed by atoms with Gasteiger partial charge in [0.1, 0.15) is 11.5 Å². The molecule has 2 aromatic rings. The molecule has 1 aromatic carbocycles. The van der Waals surface area contributed by atoms with Crippen LogP contribution in [0.15, 0.2) is 40.8 Å². The number of halogens is 1. The topological polar surface area (TPSA) is 45.9 Å². The summed E-state index contributed by atoms with van der Waals surface area (Å²) in [7, 11) is 4.03. The van der Waals surface area contributed by atoms with Crippen molar-refractivity contribution in [3.63, 3.8) is 0 Å². The molecule has 1 amide bonds. The van der Waals surface area contributed by atoms with E-state index < -0.39 is 0 Å². The van der Waals surface area contributed by atoms with E-state index in [1.165, 1.54) is 5.56 Å². The Morgan fingerprint density at radius 1 is 1.22 bits per heavy atom. The van der Waals surface area contributed by atoms with Gasteiger partial charge in [0, 0.05) is 18.5 Å². The molecule has 2 heterocycles. The lowest BCUT2D eigenvalue weighted by atomic mass is 10.1. The Bertz CT molecular complexity index is 715. The van der Waals surface area contributed by atoms with Crippen LogP contribution in [0, 0.1) is 0 Å². The maximum Gasteiger partial charge on any atom is 0.410 e. The summed E-state index contributed by atoms with van der Waals surface area (Å²) in [5.74, 6) is 1.96. The van der Waals surface area contributed by atoms with Gasteiger partial charge >= 0.3 is 6.09 Å². The lowest BCUT2D eigenvalue weighted by molar-refractivity contribution is 0.0951. The fourth-order valence-corrected chi connectivity index (χ4v) is 3.27. The van der Waals surface area contributed by atoms with Crippen molar-refractivity contribution in [2.45, 2.75) is 38.8 Å². The van der Waals surface area contributed by atoms with E-state index in [0.717, 1.165) is 49.3 Å². The number of hydrogen-bond donors (Lipinski definition) is 0. The summed E-state index contributed by atoms with van der Waals surface area (Å²) < 4.78 is 11.3. The number of unbranched alkanes of at least 4 members (excludes halogenated alkanes) is 1. The van der Waals surface area contributed by atoms with Gasteiger partial charge < -0.3 is 19.0 Å². The highest BCUT2D eigenvalue weighted by atomic mass is 35.5. The molecule has 0 saturated heterocycles. The van der Waals surface area contributed by atoms with Crippen molar-refractivity contribution in [3.05, 3.63) is 59.0 Å². The number of ether oxygens (including phenoxy) is 1. The third-order valence-corrected chi connectivity index (χ3v) is 4.58. The number of amides is 1. The summed E-state index contributed by atoms with van der Waals surface area (Å²) in [5, 5.41) is 0. The average Bonchev–Trinajstić information content (AvgIpc) is 3.02. The normalized spacial score (nSPS) is 13.2. The quantitative estimate of drug-likeness (QED) is 0.660. The van der Waals surface area contributed by atoms with Crippen LogP contribution in [-0.4, -0.2) is 43.1 Å². The Morgan fingerprint density at radius 2 is 2.00 bits per heavy atom. The lowest BCUT2D eigenvalue weighted by Crippen LogP contribution is -2.36. The molecule has 0 saturated carbocycles. The molecule has 1 aliphatic heterocycles. The molecule has 0 radical (unpaired) electrons. The Labute approximate surface area is 167 Å². The van der Waals surface area contributed by atoms with Gasteiger partial charge in [0.05, 0.1) is 19.7 Å². The minimum atomic E-state index is -0.217. The molecule has 0 N–H and O–H groups in total. The van der Waals surface area contributed by atoms with Crippen LogP contribution in [0.4, 0.5) is 4.79 Å². The largest absolute Gasteiger partial charge is 0.464 e. The van der Waals surface area contributed by atoms with Crippen molar-refractivity contribution >= 4 is 18.5 Å². The fraction of sp³-hybridized carbons (Fsp3) is 0.476. The molecule has 27 heavy (non-hydrogen) atoms. The summed E-state index contributed by atoms with van der Waals surface area (Å²) in [6.07, 6.45) is 3.47. The number of carbonyl (C=O) groups is 1. The Morgan fingerprint density at radius 3 is 2.74 bits per heavy atom. The molecule has 0 spiro atoms. The van der Waals surface area contributed by atoms with Crippen LogP contribution < -0.4 is 0 Å². The molecule has 6 heteroatoms. The van der Waals surface area contributed by atoms with E-state index in [1.54, 1.807) is 4.90 Å². The molecule has 0 bridgehead atoms. The van der Waals surface area contributed by atoms with Gasteiger partial charge in [-0.15, -0.1) is 12.4 Å². The first-order valence-corrected chi connectivity index (χ1v) is 9.32. The highest BCUT2D eigenvalue weighted by Crippen LogP contribution is 2.24. The molecule has 1 aliphatic rings. The molecule has 0 aliphatic carbocycles. The summed E-state index contributed by atoms with van der Waals surface area (Å²) in [6, 6.07) is 12.5. The van der Waals surface area contributed by atoms with Crippen LogP contribution in [0.2, 0.25) is 0 Å². The van der Waals surface area contributed by atoms with Crippen LogP contribution in [0.25, 0.3) is 0 Å². The molecule has 0 atom stereocenters. The van der Waals surface area contributed by atoms with Crippen LogP contribution in [0.1, 0.15) is 35.5 Å². The fourth-order valence-electron chi connectivity index (χ4n) is 3.27. The van der Waals surface area contributed by atoms with Crippen molar-refractivity contribution in [1.29, 1.82) is 0 Å². The number of aryl methyl sites for hydroxylation is 1. The summed E-state index contributed by atoms with van der Waals surface area (Å²) in [5.41, 5.74) is 2.44. The van der Waals surface area contributed by atoms with E-state index in [0.29, 0.717) is 19.7 Å². The smallest absolute Gasteiger partial charge is 0.410 e. The van der Waals surface area contributed by atoms with Gasteiger partial charge in [-0.1, -0.05) is 30.3 Å². The van der Waals surface area contributed by atoms with Gasteiger partial charge in [0.15, 0.2) is 0 Å². The maximum absolute atomic E-state index is 12.3. The molecule has 5 nitrogen and oxygen atoms in total. The van der Waals surface area contributed by atoms with Crippen molar-refractivity contribution in [1.82, 2.24) is 9.80 Å². The molecule has 3 rings (SSSR count). The second-order valence-electron chi connectivity index (χ2n) is 7.13. The van der Waals surface area contributed by atoms with Crippen molar-refractivity contribution in [2.24, 2.45) is 0 Å². The van der Waals surface area contributed by atoms with E-state index in [9.17, 15) is 4.79 Å². The monoisotopic (exact) mass is 392 g/mol. The van der Waals surface area contributed by atoms with Gasteiger partial charge in [-0.3, -0.25) is 0 Å². The highest BCUT2D eigenvalue weighted by Gasteiger charge is 2.25. The highest BCUT2D eigenvalue weighted by molar-refractivity contribution is 5.85. The first kappa shape index (κ1) is 21.3. The zero-order valence-corrected chi connectivity index (χ0v) is 17.0. The second kappa shape index (κ2) is 10.4. The number of nitrogens with zero attached hydrogens (tertiary/aromatic N) is 2. The van der Waals surface area contributed by atoms with E-state index >= 15 is 0 Å². The summed E-state index contributed by atoms with van der Waals surface area (Å²) >= 11 is 0. The molecule has 1 aromatic heterocycles. The number of carbonyl (C=O) groups excluding carboxylic acids is 1. The lowest BCUT2D eigenvalue weighted by Gasteiger charge is -2.25. The number of fused-ring (bicyclic) bond motifs is 1. The van der Waals surface area contributed by atoms with Gasteiger partial charge in [0.25, 0.3) is 0 Å². The number of hydrogen-bond acceptors (Lipinski definition) is 4. The van der Waals surface area contributed by atoms with Crippen molar-refractivity contribution < 1.29 is 13.9 Å². The third-order valence-electron chi connectivity index (χ3n) is 4.58. The summed E-state index contributed by atoms with van der Waals surface area (Å²) in [4.78, 5) is 16.1. The molecular formula is C21H29ClN2O3. The number of benzene rings is 1. The first-order valence-electron chi connectivity index (χ1n) is 9.32. The van der Waals surface area contributed by atoms with Gasteiger partial charge in [-0.2, -0.15) is 0 Å². The first-order chi connectivity index (χ1) is 12.6. The summed E-state index contributed by atoms with van der Waals surface area (Å²) in [6.45, 7) is 2.49. The standard InChI is InChI=1S/C21H28N2O3.ClH/c1-22(2)16-19-14-18-15-23(12-11-20(18)26-19)21(24)25-13-7-6-10-17-8-4-3-5-9-17;/h3-5,8-9,14H,6-7,10-13,15-16H2,1-2H3;1H. The van der Waals surface area contributed by atoms with E-state index in [4.69, 9.17) is 9.15 Å². The molecule has 0 fully saturated rings. The zero-order valence-electron chi connectivity index (χ0n) is 16.1. The Balaban J connectivity index is 0.00000261. The molecular weight excluding hydrogens is 364 g/mol. The molecule has 148 valence electrons. The van der Waals surface area contributed by atoms with Crippen LogP contribution in [0.3, 0.4) is 0 Å². The minimum Gasteiger partial charge on any atom is -0.464 e. The average molecular weight is 393 g/mol. The Hall–Kier alpha value is -1.98. The third kappa shape index (κ3) is 6.29. The van der Waals surface area contributed by atoms with Crippen LogP contribution in [-0.2, 0) is 30.7 Å². The number of furan rings is 1. The minimum absolute atomic E-state index is 0. The predicted octanol–water partition coefficient (Wildman–Crippen LogP) is 4.28. The predicted molar refractivity (Wildman–Crippen MR) is 108 cm³/mol. The Kier molecular flexibility index (Phi) is 8.20. The van der Waals surface area contributed by atoms with Crippen molar-refractivity contribution in [3.8, 4) is 0 Å². The number of rotatable bonds is 7. The van der Waals surface area contributed by atoms with Crippen LogP contribution in [0.5, 0.6) is 0 Å². The van der Waals surface area contributed by atoms with E-state index in [1.807, 2.05) is 20.2 Å². The SMILES string of the molecule is CN(C)Cc1cc2c(o1)CCN(C(=O)OCCCCc1ccccc1)C2.Cl. The molecule has 0 unspecified atom stereocenters. The van der Waals surface area contributed by atoms with Crippen molar-refractivity contribution in [2.75, 3.05) is 27.2 Å². The van der Waals surface area contributed by atoms with Gasteiger partial charge in [-0.25, -0.2) is 4.79 Å². The maximum atomic E-state index is 12.3. The zero-order chi connectivity index (χ0) is 18.4. The van der Waals surface area contributed by atoms with Gasteiger partial charge in [-0.05, 0) is 45.0 Å². The van der Waals surface area contributed by atoms with E-state index in [2.05, 4.69) is 35.2 Å². The second-order valence-corrected chi connectivity index (χ2v) is 7.13.